The summed E-state index contributed by atoms with van der Waals surface area (Å²) in [5.41, 5.74) is 0. The zero-order valence-corrected chi connectivity index (χ0v) is 18.4. The van der Waals surface area contributed by atoms with Crippen LogP contribution in [0.2, 0.25) is 37.8 Å². The van der Waals surface area contributed by atoms with Crippen molar-refractivity contribution in [2.24, 2.45) is 0 Å². The first kappa shape index (κ1) is 21.4. The van der Waals surface area contributed by atoms with E-state index in [-0.39, 0.29) is 0 Å². The van der Waals surface area contributed by atoms with Gasteiger partial charge in [0.1, 0.15) is 0 Å². The van der Waals surface area contributed by atoms with Crippen molar-refractivity contribution in [3.8, 4) is 0 Å². The fourth-order valence-corrected chi connectivity index (χ4v) is 8.66. The Labute approximate surface area is 148 Å². The van der Waals surface area contributed by atoms with E-state index >= 15 is 0 Å². The van der Waals surface area contributed by atoms with Gasteiger partial charge < -0.3 is 8.85 Å². The zero-order chi connectivity index (χ0) is 17.0. The van der Waals surface area contributed by atoms with Crippen LogP contribution in [0.25, 0.3) is 0 Å². The van der Waals surface area contributed by atoms with Gasteiger partial charge in [0.15, 0.2) is 16.6 Å². The van der Waals surface area contributed by atoms with Crippen LogP contribution < -0.4 is 0 Å². The molecule has 2 aliphatic heterocycles. The van der Waals surface area contributed by atoms with Gasteiger partial charge in [-0.1, -0.05) is 58.3 Å². The summed E-state index contributed by atoms with van der Waals surface area (Å²) < 4.78 is 11.6. The normalized spacial score (nSPS) is 27.1. The van der Waals surface area contributed by atoms with Crippen molar-refractivity contribution in [1.29, 1.82) is 0 Å². The molecule has 0 aromatic rings. The maximum atomic E-state index is 6.03. The molecule has 2 fully saturated rings. The highest BCUT2D eigenvalue weighted by atomic mass is 28.4. The molecule has 4 heteroatoms. The molecule has 138 valence electrons. The Bertz CT molecular complexity index is 281. The lowest BCUT2D eigenvalue weighted by atomic mass is 10.1. The van der Waals surface area contributed by atoms with Gasteiger partial charge in [0, 0.05) is 13.2 Å². The minimum Gasteiger partial charge on any atom is -0.417 e. The molecule has 2 aliphatic rings. The van der Waals surface area contributed by atoms with Gasteiger partial charge >= 0.3 is 0 Å². The van der Waals surface area contributed by atoms with Crippen molar-refractivity contribution in [2.75, 3.05) is 13.2 Å². The number of hydrogen-bond acceptors (Lipinski definition) is 2. The molecule has 1 unspecified atom stereocenters. The Hall–Kier alpha value is 0.354. The fraction of sp³-hybridized carbons (Fsp3) is 1.00. The topological polar surface area (TPSA) is 18.5 Å². The molecule has 2 rings (SSSR count). The summed E-state index contributed by atoms with van der Waals surface area (Å²) in [4.78, 5) is 0. The molecule has 0 spiro atoms. The molecule has 0 saturated carbocycles. The van der Waals surface area contributed by atoms with Crippen LogP contribution in [0.1, 0.15) is 71.1 Å². The Kier molecular flexibility index (Phi) is 11.0. The van der Waals surface area contributed by atoms with Gasteiger partial charge in [0.2, 0.25) is 0 Å². The van der Waals surface area contributed by atoms with Crippen LogP contribution in [-0.2, 0) is 8.85 Å². The Balaban J connectivity index is 0.000000277. The van der Waals surface area contributed by atoms with Crippen molar-refractivity contribution in [1.82, 2.24) is 0 Å². The second-order valence-corrected chi connectivity index (χ2v) is 16.8. The van der Waals surface area contributed by atoms with Gasteiger partial charge in [-0.2, -0.15) is 0 Å². The maximum absolute atomic E-state index is 6.03. The Morgan fingerprint density at radius 2 is 1.30 bits per heavy atom. The van der Waals surface area contributed by atoms with E-state index in [4.69, 9.17) is 8.85 Å². The Morgan fingerprint density at radius 3 is 1.78 bits per heavy atom. The highest BCUT2D eigenvalue weighted by Gasteiger charge is 2.30. The summed E-state index contributed by atoms with van der Waals surface area (Å²) in [6.45, 7) is 11.4. The van der Waals surface area contributed by atoms with Crippen molar-refractivity contribution >= 4 is 16.6 Å². The van der Waals surface area contributed by atoms with Crippen LogP contribution in [0.4, 0.5) is 0 Å². The van der Waals surface area contributed by atoms with E-state index in [1.54, 1.807) is 0 Å². The number of unbranched alkanes of at least 4 members (excludes halogenated alkanes) is 5. The van der Waals surface area contributed by atoms with Crippen molar-refractivity contribution in [3.63, 3.8) is 0 Å². The van der Waals surface area contributed by atoms with Gasteiger partial charge in [-0.15, -0.1) is 0 Å². The average Bonchev–Trinajstić information content (AvgIpc) is 2.52. The summed E-state index contributed by atoms with van der Waals surface area (Å²) in [5.74, 6) is 0. The lowest BCUT2D eigenvalue weighted by Crippen LogP contribution is -2.37. The molecular formula is C19H42O2Si2. The molecule has 0 aromatic heterocycles. The number of rotatable bonds is 7. The molecule has 0 bridgehead atoms. The van der Waals surface area contributed by atoms with Crippen LogP contribution in [-0.4, -0.2) is 29.8 Å². The quantitative estimate of drug-likeness (QED) is 0.371. The largest absolute Gasteiger partial charge is 0.417 e. The number of hydrogen-bond donors (Lipinski definition) is 0. The molecule has 0 radical (unpaired) electrons. The van der Waals surface area contributed by atoms with Crippen LogP contribution in [0, 0.1) is 0 Å². The SMILES string of the molecule is CCCCCCCC[Si]1(C)CCCCO1.C[Si]1(C)CCCCO1. The van der Waals surface area contributed by atoms with Crippen LogP contribution in [0.5, 0.6) is 0 Å². The standard InChI is InChI=1S/C13H28OSi.C6H14OSi/c1-3-4-5-6-7-9-12-15(2)13-10-8-11-14-15;1-8(2)6-4-3-5-7-8/h3-13H2,1-2H3;3-6H2,1-2H3. The van der Waals surface area contributed by atoms with E-state index in [0.29, 0.717) is 0 Å². The second kappa shape index (κ2) is 11.8. The minimum atomic E-state index is -1.21. The lowest BCUT2D eigenvalue weighted by Gasteiger charge is -2.31. The van der Waals surface area contributed by atoms with E-state index in [2.05, 4.69) is 26.6 Å². The predicted octanol–water partition coefficient (Wildman–Crippen LogP) is 6.73. The summed E-state index contributed by atoms with van der Waals surface area (Å²) >= 11 is 0. The average molecular weight is 359 g/mol. The van der Waals surface area contributed by atoms with Gasteiger partial charge in [-0.25, -0.2) is 0 Å². The van der Waals surface area contributed by atoms with E-state index in [0.717, 1.165) is 13.2 Å². The maximum Gasteiger partial charge on any atom is 0.189 e. The van der Waals surface area contributed by atoms with Gasteiger partial charge in [-0.05, 0) is 50.6 Å². The molecule has 23 heavy (non-hydrogen) atoms. The second-order valence-electron chi connectivity index (χ2n) is 8.34. The predicted molar refractivity (Wildman–Crippen MR) is 107 cm³/mol. The van der Waals surface area contributed by atoms with E-state index in [1.165, 1.54) is 82.3 Å². The smallest absolute Gasteiger partial charge is 0.189 e. The molecule has 2 heterocycles. The van der Waals surface area contributed by atoms with E-state index in [1.807, 2.05) is 0 Å². The first-order valence-electron chi connectivity index (χ1n) is 10.3. The van der Waals surface area contributed by atoms with Crippen molar-refractivity contribution < 1.29 is 8.85 Å². The van der Waals surface area contributed by atoms with Crippen molar-refractivity contribution in [3.05, 3.63) is 0 Å². The fourth-order valence-electron chi connectivity index (χ4n) is 3.54. The Morgan fingerprint density at radius 1 is 0.696 bits per heavy atom. The van der Waals surface area contributed by atoms with E-state index < -0.39 is 16.6 Å². The summed E-state index contributed by atoms with van der Waals surface area (Å²) in [6.07, 6.45) is 13.9. The van der Waals surface area contributed by atoms with Crippen LogP contribution in [0.3, 0.4) is 0 Å². The van der Waals surface area contributed by atoms with Gasteiger partial charge in [0.25, 0.3) is 0 Å². The van der Waals surface area contributed by atoms with Gasteiger partial charge in [-0.3, -0.25) is 0 Å². The molecule has 2 saturated heterocycles. The first-order chi connectivity index (χ1) is 11.0. The zero-order valence-electron chi connectivity index (χ0n) is 16.4. The third-order valence-corrected chi connectivity index (χ3v) is 11.5. The molecule has 0 aromatic carbocycles. The highest BCUT2D eigenvalue weighted by Crippen LogP contribution is 2.27. The minimum absolute atomic E-state index is 1.03. The molecule has 0 N–H and O–H groups in total. The van der Waals surface area contributed by atoms with Gasteiger partial charge in [0.05, 0.1) is 0 Å². The molecule has 0 amide bonds. The lowest BCUT2D eigenvalue weighted by molar-refractivity contribution is 0.269. The summed E-state index contributed by atoms with van der Waals surface area (Å²) in [6, 6.07) is 4.20. The first-order valence-corrected chi connectivity index (χ1v) is 16.2. The van der Waals surface area contributed by atoms with Crippen LogP contribution >= 0.6 is 0 Å². The van der Waals surface area contributed by atoms with E-state index in [9.17, 15) is 0 Å². The third-order valence-electron chi connectivity index (χ3n) is 5.28. The third kappa shape index (κ3) is 10.7. The summed E-state index contributed by atoms with van der Waals surface area (Å²) in [7, 11) is -2.30. The molecule has 1 atom stereocenters. The van der Waals surface area contributed by atoms with Crippen molar-refractivity contribution in [2.45, 2.75) is 109 Å². The molecular weight excluding hydrogens is 316 g/mol. The molecule has 0 aliphatic carbocycles. The van der Waals surface area contributed by atoms with Crippen LogP contribution in [0.15, 0.2) is 0 Å². The highest BCUT2D eigenvalue weighted by molar-refractivity contribution is 6.72. The summed E-state index contributed by atoms with van der Waals surface area (Å²) in [5, 5.41) is 0. The molecule has 2 nitrogen and oxygen atoms in total. The monoisotopic (exact) mass is 358 g/mol.